The number of aryl methyl sites for hydroxylation is 2. The van der Waals surface area contributed by atoms with Crippen LogP contribution in [0, 0.1) is 18.2 Å². The second-order valence-electron chi connectivity index (χ2n) is 8.29. The van der Waals surface area contributed by atoms with Gasteiger partial charge in [0.1, 0.15) is 17.0 Å². The van der Waals surface area contributed by atoms with Gasteiger partial charge in [0.15, 0.2) is 11.6 Å². The maximum atomic E-state index is 14.1. The number of hydrogen-bond acceptors (Lipinski definition) is 5. The summed E-state index contributed by atoms with van der Waals surface area (Å²) in [5, 5.41) is 0.278. The average molecular weight is 496 g/mol. The SMILES string of the molecule is COc1nc(-c2ccc(C)c(F)c2)nc(-c2cc(CCC(=O)C(C)(C)C(F)(F)F)ccc2Cl)n1. The van der Waals surface area contributed by atoms with Gasteiger partial charge in [-0.15, -0.1) is 0 Å². The summed E-state index contributed by atoms with van der Waals surface area (Å²) >= 11 is 6.35. The maximum absolute atomic E-state index is 14.1. The number of ketones is 1. The Kier molecular flexibility index (Phi) is 7.26. The van der Waals surface area contributed by atoms with Crippen LogP contribution in [0.2, 0.25) is 5.02 Å². The van der Waals surface area contributed by atoms with Crippen LogP contribution in [-0.2, 0) is 11.2 Å². The van der Waals surface area contributed by atoms with Gasteiger partial charge in [-0.3, -0.25) is 4.79 Å². The zero-order chi connectivity index (χ0) is 25.3. The standard InChI is InChI=1S/C24H22ClF4N3O2/c1-13-5-8-15(12-18(13)26)20-30-21(32-22(31-20)34-4)16-11-14(6-9-17(16)25)7-10-19(33)23(2,3)24(27,28)29/h5-6,8-9,11-12H,7,10H2,1-4H3. The van der Waals surface area contributed by atoms with Crippen LogP contribution in [0.3, 0.4) is 0 Å². The van der Waals surface area contributed by atoms with Gasteiger partial charge in [-0.05, 0) is 56.5 Å². The van der Waals surface area contributed by atoms with E-state index in [1.54, 1.807) is 37.3 Å². The minimum Gasteiger partial charge on any atom is -0.467 e. The van der Waals surface area contributed by atoms with Crippen molar-refractivity contribution in [1.82, 2.24) is 15.0 Å². The Morgan fingerprint density at radius 3 is 2.32 bits per heavy atom. The largest absolute Gasteiger partial charge is 0.467 e. The third kappa shape index (κ3) is 5.35. The average Bonchev–Trinajstić information content (AvgIpc) is 2.78. The van der Waals surface area contributed by atoms with E-state index in [2.05, 4.69) is 15.0 Å². The van der Waals surface area contributed by atoms with Gasteiger partial charge < -0.3 is 4.74 Å². The van der Waals surface area contributed by atoms with E-state index in [1.807, 2.05) is 0 Å². The highest BCUT2D eigenvalue weighted by Gasteiger charge is 2.51. The summed E-state index contributed by atoms with van der Waals surface area (Å²) < 4.78 is 58.7. The van der Waals surface area contributed by atoms with Crippen LogP contribution >= 0.6 is 11.6 Å². The molecule has 0 atom stereocenters. The number of methoxy groups -OCH3 is 1. The van der Waals surface area contributed by atoms with E-state index in [1.165, 1.54) is 13.2 Å². The zero-order valence-electron chi connectivity index (χ0n) is 18.9. The lowest BCUT2D eigenvalue weighted by Gasteiger charge is -2.26. The van der Waals surface area contributed by atoms with E-state index in [9.17, 15) is 22.4 Å². The molecule has 0 radical (unpaired) electrons. The van der Waals surface area contributed by atoms with Crippen LogP contribution in [0.4, 0.5) is 17.6 Å². The Bertz CT molecular complexity index is 1230. The van der Waals surface area contributed by atoms with Crippen molar-refractivity contribution in [3.05, 3.63) is 58.4 Å². The molecule has 1 aromatic heterocycles. The van der Waals surface area contributed by atoms with Crippen LogP contribution in [0.1, 0.15) is 31.4 Å². The molecule has 0 aliphatic rings. The first-order chi connectivity index (χ1) is 15.8. The van der Waals surface area contributed by atoms with Crippen molar-refractivity contribution in [3.63, 3.8) is 0 Å². The zero-order valence-corrected chi connectivity index (χ0v) is 19.7. The highest BCUT2D eigenvalue weighted by Crippen LogP contribution is 2.39. The number of halogens is 5. The second kappa shape index (κ2) is 9.66. The number of ether oxygens (including phenoxy) is 1. The van der Waals surface area contributed by atoms with Crippen molar-refractivity contribution in [1.29, 1.82) is 0 Å². The summed E-state index contributed by atoms with van der Waals surface area (Å²) in [4.78, 5) is 25.0. The van der Waals surface area contributed by atoms with Crippen molar-refractivity contribution in [2.75, 3.05) is 7.11 Å². The van der Waals surface area contributed by atoms with Crippen molar-refractivity contribution in [2.45, 2.75) is 39.8 Å². The van der Waals surface area contributed by atoms with Gasteiger partial charge in [0, 0.05) is 17.5 Å². The van der Waals surface area contributed by atoms with Crippen molar-refractivity contribution >= 4 is 17.4 Å². The maximum Gasteiger partial charge on any atom is 0.400 e. The highest BCUT2D eigenvalue weighted by molar-refractivity contribution is 6.33. The summed E-state index contributed by atoms with van der Waals surface area (Å²) in [5.41, 5.74) is -0.632. The van der Waals surface area contributed by atoms with Gasteiger partial charge in [0.05, 0.1) is 12.1 Å². The number of alkyl halides is 3. The van der Waals surface area contributed by atoms with E-state index >= 15 is 0 Å². The third-order valence-corrected chi connectivity index (χ3v) is 5.88. The van der Waals surface area contributed by atoms with Crippen LogP contribution in [0.5, 0.6) is 6.01 Å². The lowest BCUT2D eigenvalue weighted by atomic mass is 9.84. The molecule has 0 unspecified atom stereocenters. The third-order valence-electron chi connectivity index (χ3n) is 5.55. The Morgan fingerprint density at radius 1 is 1.03 bits per heavy atom. The predicted molar refractivity (Wildman–Crippen MR) is 120 cm³/mol. The minimum atomic E-state index is -4.64. The van der Waals surface area contributed by atoms with Crippen molar-refractivity contribution in [3.8, 4) is 28.8 Å². The van der Waals surface area contributed by atoms with Crippen LogP contribution in [-0.4, -0.2) is 34.0 Å². The molecule has 0 aliphatic heterocycles. The molecule has 5 nitrogen and oxygen atoms in total. The number of nitrogens with zero attached hydrogens (tertiary/aromatic N) is 3. The van der Waals surface area contributed by atoms with Crippen LogP contribution in [0.25, 0.3) is 22.8 Å². The molecular weight excluding hydrogens is 474 g/mol. The van der Waals surface area contributed by atoms with E-state index in [-0.39, 0.29) is 35.5 Å². The molecular formula is C24H22ClF4N3O2. The molecule has 0 N–H and O–H groups in total. The van der Waals surface area contributed by atoms with Crippen LogP contribution < -0.4 is 4.74 Å². The number of hydrogen-bond donors (Lipinski definition) is 0. The molecule has 0 saturated heterocycles. The monoisotopic (exact) mass is 495 g/mol. The molecule has 0 spiro atoms. The van der Waals surface area contributed by atoms with E-state index in [0.29, 0.717) is 22.3 Å². The Labute approximate surface area is 199 Å². The van der Waals surface area contributed by atoms with Crippen molar-refractivity contribution < 1.29 is 27.1 Å². The molecule has 0 aliphatic carbocycles. The summed E-state index contributed by atoms with van der Waals surface area (Å²) in [6.07, 6.45) is -4.87. The van der Waals surface area contributed by atoms with E-state index in [0.717, 1.165) is 13.8 Å². The molecule has 34 heavy (non-hydrogen) atoms. The fourth-order valence-electron chi connectivity index (χ4n) is 3.06. The Hall–Kier alpha value is -3.07. The smallest absolute Gasteiger partial charge is 0.400 e. The summed E-state index contributed by atoms with van der Waals surface area (Å²) in [6, 6.07) is 9.28. The number of aromatic nitrogens is 3. The lowest BCUT2D eigenvalue weighted by Crippen LogP contribution is -2.39. The van der Waals surface area contributed by atoms with Gasteiger partial charge in [-0.1, -0.05) is 29.8 Å². The molecule has 10 heteroatoms. The quantitative estimate of drug-likeness (QED) is 0.355. The Balaban J connectivity index is 1.95. The number of rotatable bonds is 7. The molecule has 180 valence electrons. The first kappa shape index (κ1) is 25.6. The summed E-state index contributed by atoms with van der Waals surface area (Å²) in [7, 11) is 1.37. The summed E-state index contributed by atoms with van der Waals surface area (Å²) in [5.74, 6) is -1.05. The fourth-order valence-corrected chi connectivity index (χ4v) is 3.26. The fraction of sp³-hybridized carbons (Fsp3) is 0.333. The van der Waals surface area contributed by atoms with E-state index < -0.39 is 23.2 Å². The number of carbonyl (C=O) groups is 1. The van der Waals surface area contributed by atoms with Crippen LogP contribution in [0.15, 0.2) is 36.4 Å². The lowest BCUT2D eigenvalue weighted by molar-refractivity contribution is -0.210. The number of carbonyl (C=O) groups excluding carboxylic acids is 1. The molecule has 0 fully saturated rings. The first-order valence-corrected chi connectivity index (χ1v) is 10.7. The molecule has 0 saturated carbocycles. The Morgan fingerprint density at radius 2 is 1.71 bits per heavy atom. The first-order valence-electron chi connectivity index (χ1n) is 10.3. The predicted octanol–water partition coefficient (Wildman–Crippen LogP) is 6.41. The molecule has 0 amide bonds. The van der Waals surface area contributed by atoms with Gasteiger partial charge in [-0.2, -0.15) is 23.1 Å². The van der Waals surface area contributed by atoms with Gasteiger partial charge in [-0.25, -0.2) is 9.37 Å². The summed E-state index contributed by atoms with van der Waals surface area (Å²) in [6.45, 7) is 3.37. The normalized spacial score (nSPS) is 12.0. The van der Waals surface area contributed by atoms with Crippen molar-refractivity contribution in [2.24, 2.45) is 5.41 Å². The highest BCUT2D eigenvalue weighted by atomic mass is 35.5. The molecule has 2 aromatic carbocycles. The van der Waals surface area contributed by atoms with Gasteiger partial charge >= 0.3 is 12.2 Å². The number of benzene rings is 2. The van der Waals surface area contributed by atoms with Gasteiger partial charge in [0.25, 0.3) is 0 Å². The molecule has 3 aromatic rings. The topological polar surface area (TPSA) is 65.0 Å². The minimum absolute atomic E-state index is 0.0236. The molecule has 1 heterocycles. The second-order valence-corrected chi connectivity index (χ2v) is 8.70. The van der Waals surface area contributed by atoms with Gasteiger partial charge in [0.2, 0.25) is 0 Å². The molecule has 0 bridgehead atoms. The molecule has 3 rings (SSSR count). The van der Waals surface area contributed by atoms with E-state index in [4.69, 9.17) is 16.3 Å². The number of Topliss-reactive ketones (excluding diaryl/α,β-unsaturated/α-hetero) is 1.